The molecule has 0 aromatic heterocycles. The first-order valence-corrected chi connectivity index (χ1v) is 6.37. The zero-order valence-corrected chi connectivity index (χ0v) is 11.4. The van der Waals surface area contributed by atoms with E-state index in [0.29, 0.717) is 18.7 Å². The number of nitrogens with one attached hydrogen (secondary N) is 1. The molecule has 1 fully saturated rings. The average Bonchev–Trinajstić information content (AvgIpc) is 2.30. The van der Waals surface area contributed by atoms with Crippen molar-refractivity contribution < 1.29 is 9.13 Å². The van der Waals surface area contributed by atoms with Gasteiger partial charge in [0.2, 0.25) is 0 Å². The van der Waals surface area contributed by atoms with E-state index in [0.717, 1.165) is 13.1 Å². The maximum atomic E-state index is 14.2. The Morgan fingerprint density at radius 2 is 2.26 bits per heavy atom. The molecule has 2 rings (SSSR count). The summed E-state index contributed by atoms with van der Waals surface area (Å²) in [6.07, 6.45) is 0. The van der Waals surface area contributed by atoms with Gasteiger partial charge in [0, 0.05) is 25.2 Å². The molecule has 1 heterocycles. The molecule has 4 nitrogen and oxygen atoms in total. The van der Waals surface area contributed by atoms with E-state index in [9.17, 15) is 4.39 Å². The first-order chi connectivity index (χ1) is 8.89. The van der Waals surface area contributed by atoms with Crippen molar-refractivity contribution in [2.75, 3.05) is 19.7 Å². The van der Waals surface area contributed by atoms with Gasteiger partial charge in [-0.3, -0.25) is 10.3 Å². The van der Waals surface area contributed by atoms with Crippen LogP contribution in [0.15, 0.2) is 18.2 Å². The highest BCUT2D eigenvalue weighted by Gasteiger charge is 2.27. The van der Waals surface area contributed by atoms with Gasteiger partial charge in [-0.2, -0.15) is 0 Å². The van der Waals surface area contributed by atoms with Gasteiger partial charge in [-0.15, -0.1) is 0 Å². The van der Waals surface area contributed by atoms with Crippen LogP contribution in [-0.4, -0.2) is 36.0 Å². The third-order valence-electron chi connectivity index (χ3n) is 3.27. The Bertz CT molecular complexity index is 488. The van der Waals surface area contributed by atoms with Crippen LogP contribution in [0.2, 0.25) is 0 Å². The minimum absolute atomic E-state index is 0.171. The molecule has 0 atom stereocenters. The third-order valence-corrected chi connectivity index (χ3v) is 3.27. The fourth-order valence-corrected chi connectivity index (χ4v) is 2.40. The Kier molecular flexibility index (Phi) is 3.87. The predicted octanol–water partition coefficient (Wildman–Crippen LogP) is 1.72. The summed E-state index contributed by atoms with van der Waals surface area (Å²) in [5.41, 5.74) is 5.91. The van der Waals surface area contributed by atoms with E-state index in [1.807, 2.05) is 13.8 Å². The summed E-state index contributed by atoms with van der Waals surface area (Å²) in [5.74, 6) is -0.624. The van der Waals surface area contributed by atoms with Gasteiger partial charge in [-0.25, -0.2) is 4.39 Å². The van der Waals surface area contributed by atoms with Crippen LogP contribution in [0, 0.1) is 11.2 Å². The number of rotatable bonds is 3. The number of nitrogens with zero attached hydrogens (tertiary/aromatic N) is 1. The minimum Gasteiger partial charge on any atom is -0.384 e. The second-order valence-corrected chi connectivity index (χ2v) is 5.51. The lowest BCUT2D eigenvalue weighted by molar-refractivity contribution is -0.0884. The Hall–Kier alpha value is -1.46. The number of nitrogen functional groups attached to an aromatic ring is 1. The molecular formula is C14H20FN3O. The van der Waals surface area contributed by atoms with Crippen molar-refractivity contribution in [3.05, 3.63) is 35.1 Å². The molecule has 0 radical (unpaired) electrons. The summed E-state index contributed by atoms with van der Waals surface area (Å²) in [6.45, 7) is 6.77. The first kappa shape index (κ1) is 14.0. The van der Waals surface area contributed by atoms with Gasteiger partial charge < -0.3 is 10.5 Å². The number of halogens is 1. The smallest absolute Gasteiger partial charge is 0.138 e. The summed E-state index contributed by atoms with van der Waals surface area (Å²) in [5, 5.41) is 7.36. The number of hydrogen-bond acceptors (Lipinski definition) is 3. The largest absolute Gasteiger partial charge is 0.384 e. The normalized spacial score (nSPS) is 19.3. The number of ether oxygens (including phenoxy) is 1. The number of morpholine rings is 1. The molecule has 19 heavy (non-hydrogen) atoms. The molecule has 1 aromatic rings. The highest BCUT2D eigenvalue weighted by atomic mass is 19.1. The van der Waals surface area contributed by atoms with E-state index >= 15 is 0 Å². The van der Waals surface area contributed by atoms with Gasteiger partial charge in [0.25, 0.3) is 0 Å². The van der Waals surface area contributed by atoms with Crippen LogP contribution in [0.5, 0.6) is 0 Å². The second kappa shape index (κ2) is 5.27. The summed E-state index contributed by atoms with van der Waals surface area (Å²) >= 11 is 0. The molecule has 3 N–H and O–H groups in total. The summed E-state index contributed by atoms with van der Waals surface area (Å²) in [7, 11) is 0. The molecule has 0 spiro atoms. The molecule has 104 valence electrons. The molecule has 1 aliphatic rings. The topological polar surface area (TPSA) is 62.3 Å². The van der Waals surface area contributed by atoms with Crippen molar-refractivity contribution in [2.24, 2.45) is 5.73 Å². The quantitative estimate of drug-likeness (QED) is 0.646. The van der Waals surface area contributed by atoms with Gasteiger partial charge in [0.05, 0.1) is 17.8 Å². The fourth-order valence-electron chi connectivity index (χ4n) is 2.40. The van der Waals surface area contributed by atoms with Gasteiger partial charge in [-0.05, 0) is 19.9 Å². The second-order valence-electron chi connectivity index (χ2n) is 5.51. The zero-order valence-electron chi connectivity index (χ0n) is 11.4. The molecule has 0 aliphatic carbocycles. The van der Waals surface area contributed by atoms with Crippen LogP contribution in [0.3, 0.4) is 0 Å². The van der Waals surface area contributed by atoms with Crippen molar-refractivity contribution >= 4 is 5.84 Å². The van der Waals surface area contributed by atoms with Crippen LogP contribution in [0.25, 0.3) is 0 Å². The lowest BCUT2D eigenvalue weighted by Gasteiger charge is -2.38. The molecule has 1 aromatic carbocycles. The van der Waals surface area contributed by atoms with E-state index < -0.39 is 0 Å². The fraction of sp³-hybridized carbons (Fsp3) is 0.500. The van der Waals surface area contributed by atoms with Crippen molar-refractivity contribution in [2.45, 2.75) is 26.0 Å². The van der Waals surface area contributed by atoms with Gasteiger partial charge in [-0.1, -0.05) is 12.1 Å². The van der Waals surface area contributed by atoms with Crippen molar-refractivity contribution in [1.82, 2.24) is 4.90 Å². The van der Waals surface area contributed by atoms with Crippen molar-refractivity contribution in [1.29, 1.82) is 5.41 Å². The van der Waals surface area contributed by atoms with E-state index in [1.54, 1.807) is 12.1 Å². The number of amidine groups is 1. The first-order valence-electron chi connectivity index (χ1n) is 6.37. The third kappa shape index (κ3) is 3.30. The van der Waals surface area contributed by atoms with Gasteiger partial charge in [0.1, 0.15) is 11.7 Å². The van der Waals surface area contributed by atoms with Crippen LogP contribution >= 0.6 is 0 Å². The standard InChI is InChI=1S/C14H20FN3O/c1-14(2)9-18(6-7-19-14)8-10-4-3-5-11(12(10)15)13(16)17/h3-5H,6-9H2,1-2H3,(H3,16,17). The zero-order chi connectivity index (χ0) is 14.0. The van der Waals surface area contributed by atoms with Gasteiger partial charge in [0.15, 0.2) is 0 Å². The van der Waals surface area contributed by atoms with E-state index in [4.69, 9.17) is 15.9 Å². The van der Waals surface area contributed by atoms with Crippen LogP contribution < -0.4 is 5.73 Å². The van der Waals surface area contributed by atoms with Crippen LogP contribution in [0.4, 0.5) is 4.39 Å². The maximum absolute atomic E-state index is 14.2. The lowest BCUT2D eigenvalue weighted by atomic mass is 10.0. The Morgan fingerprint density at radius 3 is 2.89 bits per heavy atom. The Morgan fingerprint density at radius 1 is 1.53 bits per heavy atom. The van der Waals surface area contributed by atoms with Gasteiger partial charge >= 0.3 is 0 Å². The molecule has 0 bridgehead atoms. The summed E-state index contributed by atoms with van der Waals surface area (Å²) < 4.78 is 19.8. The number of benzene rings is 1. The highest BCUT2D eigenvalue weighted by molar-refractivity contribution is 5.95. The highest BCUT2D eigenvalue weighted by Crippen LogP contribution is 2.20. The average molecular weight is 265 g/mol. The van der Waals surface area contributed by atoms with Crippen molar-refractivity contribution in [3.8, 4) is 0 Å². The molecule has 1 aliphatic heterocycles. The number of hydrogen-bond donors (Lipinski definition) is 2. The van der Waals surface area contributed by atoms with Crippen LogP contribution in [-0.2, 0) is 11.3 Å². The monoisotopic (exact) mass is 265 g/mol. The molecule has 0 saturated carbocycles. The summed E-state index contributed by atoms with van der Waals surface area (Å²) in [6, 6.07) is 5.01. The van der Waals surface area contributed by atoms with Crippen molar-refractivity contribution in [3.63, 3.8) is 0 Å². The Balaban J connectivity index is 2.15. The van der Waals surface area contributed by atoms with E-state index in [2.05, 4.69) is 4.90 Å². The lowest BCUT2D eigenvalue weighted by Crippen LogP contribution is -2.47. The van der Waals surface area contributed by atoms with E-state index in [1.165, 1.54) is 6.07 Å². The molecular weight excluding hydrogens is 245 g/mol. The molecule has 1 saturated heterocycles. The van der Waals surface area contributed by atoms with E-state index in [-0.39, 0.29) is 22.8 Å². The SMILES string of the molecule is CC1(C)CN(Cc2cccc(C(=N)N)c2F)CCO1. The molecule has 0 unspecified atom stereocenters. The minimum atomic E-state index is -0.390. The predicted molar refractivity (Wildman–Crippen MR) is 72.7 cm³/mol. The Labute approximate surface area is 112 Å². The molecule has 0 amide bonds. The van der Waals surface area contributed by atoms with Crippen LogP contribution in [0.1, 0.15) is 25.0 Å². The maximum Gasteiger partial charge on any atom is 0.138 e. The number of nitrogens with two attached hydrogens (primary N) is 1. The summed E-state index contributed by atoms with van der Waals surface area (Å²) in [4.78, 5) is 2.16. The molecule has 5 heteroatoms.